The number of aryl methyl sites for hydroxylation is 2. The SMILES string of the molecule is CCCn1ccc(CNC(=O)CCn2c(C)csc2=O)c1. The third-order valence-electron chi connectivity index (χ3n) is 3.32. The van der Waals surface area contributed by atoms with Gasteiger partial charge in [0.1, 0.15) is 0 Å². The molecule has 0 aliphatic heterocycles. The van der Waals surface area contributed by atoms with Gasteiger partial charge < -0.3 is 14.5 Å². The molecule has 21 heavy (non-hydrogen) atoms. The summed E-state index contributed by atoms with van der Waals surface area (Å²) in [6.07, 6.45) is 5.50. The summed E-state index contributed by atoms with van der Waals surface area (Å²) in [4.78, 5) is 23.4. The molecule has 5 nitrogen and oxygen atoms in total. The van der Waals surface area contributed by atoms with Crippen LogP contribution in [0.4, 0.5) is 0 Å². The second-order valence-corrected chi connectivity index (χ2v) is 5.90. The molecule has 114 valence electrons. The summed E-state index contributed by atoms with van der Waals surface area (Å²) in [5.74, 6) is -0.0317. The molecule has 0 aliphatic rings. The van der Waals surface area contributed by atoms with E-state index in [0.717, 1.165) is 24.2 Å². The molecule has 0 unspecified atom stereocenters. The molecule has 2 heterocycles. The number of carbonyl (C=O) groups is 1. The Morgan fingerprint density at radius 1 is 1.38 bits per heavy atom. The lowest BCUT2D eigenvalue weighted by Crippen LogP contribution is -2.25. The Kier molecular flexibility index (Phi) is 5.38. The maximum Gasteiger partial charge on any atom is 0.307 e. The Balaban J connectivity index is 1.78. The van der Waals surface area contributed by atoms with Gasteiger partial charge in [0.05, 0.1) is 0 Å². The van der Waals surface area contributed by atoms with Gasteiger partial charge in [-0.05, 0) is 25.0 Å². The Bertz CT molecular complexity index is 654. The topological polar surface area (TPSA) is 56.0 Å². The van der Waals surface area contributed by atoms with Gasteiger partial charge in [0.2, 0.25) is 5.91 Å². The highest BCUT2D eigenvalue weighted by atomic mass is 32.1. The maximum absolute atomic E-state index is 11.8. The van der Waals surface area contributed by atoms with Gasteiger partial charge in [-0.2, -0.15) is 0 Å². The van der Waals surface area contributed by atoms with Crippen LogP contribution in [0.1, 0.15) is 31.0 Å². The first-order valence-electron chi connectivity index (χ1n) is 7.16. The van der Waals surface area contributed by atoms with Crippen LogP contribution >= 0.6 is 11.3 Å². The molecule has 0 saturated heterocycles. The summed E-state index contributed by atoms with van der Waals surface area (Å²) in [5.41, 5.74) is 2.01. The standard InChI is InChI=1S/C15H21N3O2S/c1-3-6-17-7-4-13(10-17)9-16-14(19)5-8-18-12(2)11-21-15(18)20/h4,7,10-11H,3,5-6,8-9H2,1-2H3,(H,16,19). The normalized spacial score (nSPS) is 10.8. The monoisotopic (exact) mass is 307 g/mol. The summed E-state index contributed by atoms with van der Waals surface area (Å²) < 4.78 is 3.76. The van der Waals surface area contributed by atoms with E-state index in [0.29, 0.717) is 19.5 Å². The van der Waals surface area contributed by atoms with E-state index in [1.807, 2.05) is 24.6 Å². The molecule has 0 spiro atoms. The molecular formula is C15H21N3O2S. The van der Waals surface area contributed by atoms with Crippen molar-refractivity contribution in [1.82, 2.24) is 14.5 Å². The summed E-state index contributed by atoms with van der Waals surface area (Å²) in [5, 5.41) is 4.71. The van der Waals surface area contributed by atoms with Crippen LogP contribution in [0, 0.1) is 6.92 Å². The van der Waals surface area contributed by atoms with Gasteiger partial charge in [0.15, 0.2) is 0 Å². The molecule has 0 atom stereocenters. The number of hydrogen-bond acceptors (Lipinski definition) is 3. The predicted molar refractivity (Wildman–Crippen MR) is 84.5 cm³/mol. The average Bonchev–Trinajstić information content (AvgIpc) is 3.03. The number of hydrogen-bond donors (Lipinski definition) is 1. The van der Waals surface area contributed by atoms with E-state index in [4.69, 9.17) is 0 Å². The molecule has 2 rings (SSSR count). The molecular weight excluding hydrogens is 286 g/mol. The van der Waals surface area contributed by atoms with E-state index < -0.39 is 0 Å². The van der Waals surface area contributed by atoms with E-state index in [-0.39, 0.29) is 10.8 Å². The molecule has 0 aliphatic carbocycles. The van der Waals surface area contributed by atoms with Gasteiger partial charge in [-0.25, -0.2) is 0 Å². The average molecular weight is 307 g/mol. The van der Waals surface area contributed by atoms with E-state index in [1.165, 1.54) is 11.3 Å². The third kappa shape index (κ3) is 4.32. The van der Waals surface area contributed by atoms with Crippen molar-refractivity contribution in [2.24, 2.45) is 0 Å². The van der Waals surface area contributed by atoms with Crippen LogP contribution in [0.15, 0.2) is 28.6 Å². The first-order chi connectivity index (χ1) is 10.1. The minimum Gasteiger partial charge on any atom is -0.354 e. The number of nitrogens with zero attached hydrogens (tertiary/aromatic N) is 2. The number of nitrogens with one attached hydrogen (secondary N) is 1. The van der Waals surface area contributed by atoms with Gasteiger partial charge in [-0.1, -0.05) is 18.3 Å². The lowest BCUT2D eigenvalue weighted by Gasteiger charge is -2.06. The van der Waals surface area contributed by atoms with Crippen molar-refractivity contribution in [3.05, 3.63) is 44.8 Å². The number of amides is 1. The van der Waals surface area contributed by atoms with Crippen LogP contribution in [-0.4, -0.2) is 15.0 Å². The Labute approximate surface area is 128 Å². The first kappa shape index (κ1) is 15.6. The minimum absolute atomic E-state index is 0.00283. The number of rotatable bonds is 7. The quantitative estimate of drug-likeness (QED) is 0.852. The lowest BCUT2D eigenvalue weighted by molar-refractivity contribution is -0.121. The zero-order valence-electron chi connectivity index (χ0n) is 12.5. The fourth-order valence-corrected chi connectivity index (χ4v) is 2.93. The highest BCUT2D eigenvalue weighted by Crippen LogP contribution is 2.03. The Morgan fingerprint density at radius 3 is 2.86 bits per heavy atom. The fourth-order valence-electron chi connectivity index (χ4n) is 2.17. The van der Waals surface area contributed by atoms with Gasteiger partial charge >= 0.3 is 4.87 Å². The van der Waals surface area contributed by atoms with Gasteiger partial charge in [-0.3, -0.25) is 9.59 Å². The summed E-state index contributed by atoms with van der Waals surface area (Å²) in [7, 11) is 0. The lowest BCUT2D eigenvalue weighted by atomic mass is 10.3. The molecule has 0 radical (unpaired) electrons. The van der Waals surface area contributed by atoms with E-state index in [9.17, 15) is 9.59 Å². The molecule has 6 heteroatoms. The third-order valence-corrected chi connectivity index (χ3v) is 4.20. The van der Waals surface area contributed by atoms with Crippen molar-refractivity contribution in [2.75, 3.05) is 0 Å². The van der Waals surface area contributed by atoms with Crippen LogP contribution in [0.5, 0.6) is 0 Å². The van der Waals surface area contributed by atoms with Crippen molar-refractivity contribution >= 4 is 17.2 Å². The van der Waals surface area contributed by atoms with Crippen LogP contribution in [0.3, 0.4) is 0 Å². The van der Waals surface area contributed by atoms with Crippen molar-refractivity contribution in [3.63, 3.8) is 0 Å². The number of aromatic nitrogens is 2. The highest BCUT2D eigenvalue weighted by molar-refractivity contribution is 7.07. The first-order valence-corrected chi connectivity index (χ1v) is 8.04. The van der Waals surface area contributed by atoms with Crippen LogP contribution in [0.25, 0.3) is 0 Å². The van der Waals surface area contributed by atoms with Crippen molar-refractivity contribution in [1.29, 1.82) is 0 Å². The summed E-state index contributed by atoms with van der Waals surface area (Å²) in [6.45, 7) is 5.99. The van der Waals surface area contributed by atoms with Crippen LogP contribution < -0.4 is 10.2 Å². The largest absolute Gasteiger partial charge is 0.354 e. The second kappa shape index (κ2) is 7.26. The summed E-state index contributed by atoms with van der Waals surface area (Å²) in [6, 6.07) is 2.02. The van der Waals surface area contributed by atoms with Crippen molar-refractivity contribution in [3.8, 4) is 0 Å². The molecule has 0 bridgehead atoms. The smallest absolute Gasteiger partial charge is 0.307 e. The van der Waals surface area contributed by atoms with E-state index >= 15 is 0 Å². The summed E-state index contributed by atoms with van der Waals surface area (Å²) >= 11 is 1.17. The Morgan fingerprint density at radius 2 is 2.19 bits per heavy atom. The van der Waals surface area contributed by atoms with Crippen molar-refractivity contribution < 1.29 is 4.79 Å². The molecule has 1 amide bonds. The van der Waals surface area contributed by atoms with E-state index in [2.05, 4.69) is 23.0 Å². The molecule has 0 saturated carbocycles. The van der Waals surface area contributed by atoms with E-state index in [1.54, 1.807) is 4.57 Å². The molecule has 2 aromatic heterocycles. The van der Waals surface area contributed by atoms with Gasteiger partial charge in [0.25, 0.3) is 0 Å². The van der Waals surface area contributed by atoms with Crippen molar-refractivity contribution in [2.45, 2.75) is 46.3 Å². The molecule has 1 N–H and O–H groups in total. The predicted octanol–water partition coefficient (Wildman–Crippen LogP) is 2.14. The van der Waals surface area contributed by atoms with Gasteiger partial charge in [0, 0.05) is 49.5 Å². The molecule has 0 fully saturated rings. The zero-order valence-corrected chi connectivity index (χ0v) is 13.3. The molecule has 0 aromatic carbocycles. The molecule has 2 aromatic rings. The fraction of sp³-hybridized carbons (Fsp3) is 0.467. The number of carbonyl (C=O) groups excluding carboxylic acids is 1. The Hall–Kier alpha value is -1.82. The van der Waals surface area contributed by atoms with Crippen LogP contribution in [0.2, 0.25) is 0 Å². The second-order valence-electron chi connectivity index (χ2n) is 5.08. The number of thiazole rings is 1. The van der Waals surface area contributed by atoms with Crippen LogP contribution in [-0.2, 0) is 24.4 Å². The minimum atomic E-state index is -0.0317. The maximum atomic E-state index is 11.8. The zero-order chi connectivity index (χ0) is 15.2. The highest BCUT2D eigenvalue weighted by Gasteiger charge is 2.06. The van der Waals surface area contributed by atoms with Gasteiger partial charge in [-0.15, -0.1) is 0 Å².